The minimum Gasteiger partial charge on any atom is -0.350 e. The van der Waals surface area contributed by atoms with Crippen molar-refractivity contribution in [2.24, 2.45) is 0 Å². The van der Waals surface area contributed by atoms with Crippen molar-refractivity contribution in [2.45, 2.75) is 33.4 Å². The third kappa shape index (κ3) is 5.10. The largest absolute Gasteiger partial charge is 0.350 e. The van der Waals surface area contributed by atoms with Gasteiger partial charge in [0.05, 0.1) is 6.04 Å². The molecule has 0 spiro atoms. The van der Waals surface area contributed by atoms with Crippen LogP contribution in [0.25, 0.3) is 0 Å². The minimum atomic E-state index is -0.108. The molecule has 6 nitrogen and oxygen atoms in total. The van der Waals surface area contributed by atoms with Gasteiger partial charge in [-0.1, -0.05) is 12.1 Å². The van der Waals surface area contributed by atoms with E-state index >= 15 is 0 Å². The minimum absolute atomic E-state index is 0.0917. The van der Waals surface area contributed by atoms with E-state index in [1.807, 2.05) is 63.2 Å². The van der Waals surface area contributed by atoms with Crippen LogP contribution in [0, 0.1) is 13.8 Å². The smallest absolute Gasteiger partial charge is 0.251 e. The average molecular weight is 361 g/mol. The Morgan fingerprint density at radius 1 is 1.04 bits per heavy atom. The van der Waals surface area contributed by atoms with Gasteiger partial charge < -0.3 is 10.6 Å². The number of anilines is 1. The van der Waals surface area contributed by atoms with Crippen LogP contribution >= 0.6 is 0 Å². The molecule has 0 aliphatic heterocycles. The fraction of sp³-hybridized carbons (Fsp3) is 0.238. The SMILES string of the molecule is Cc1cc(C)nc(NCc2cccc(C(=O)NC(C)c3ccncc3)c2)n1. The van der Waals surface area contributed by atoms with Crippen molar-refractivity contribution in [1.82, 2.24) is 20.3 Å². The van der Waals surface area contributed by atoms with E-state index in [-0.39, 0.29) is 11.9 Å². The summed E-state index contributed by atoms with van der Waals surface area (Å²) >= 11 is 0. The molecule has 0 saturated carbocycles. The van der Waals surface area contributed by atoms with Gasteiger partial charge in [-0.25, -0.2) is 9.97 Å². The number of hydrogen-bond acceptors (Lipinski definition) is 5. The van der Waals surface area contributed by atoms with Crippen LogP contribution in [0.2, 0.25) is 0 Å². The van der Waals surface area contributed by atoms with Gasteiger partial charge in [-0.3, -0.25) is 9.78 Å². The van der Waals surface area contributed by atoms with E-state index in [2.05, 4.69) is 25.6 Å². The Bertz CT molecular complexity index is 907. The maximum absolute atomic E-state index is 12.6. The molecule has 2 heterocycles. The molecule has 2 N–H and O–H groups in total. The third-order valence-electron chi connectivity index (χ3n) is 4.18. The number of nitrogens with one attached hydrogen (secondary N) is 2. The number of pyridine rings is 1. The lowest BCUT2D eigenvalue weighted by atomic mass is 10.1. The summed E-state index contributed by atoms with van der Waals surface area (Å²) in [6.45, 7) is 6.38. The molecule has 3 rings (SSSR count). The Morgan fingerprint density at radius 3 is 2.44 bits per heavy atom. The highest BCUT2D eigenvalue weighted by Crippen LogP contribution is 2.13. The number of hydrogen-bond donors (Lipinski definition) is 2. The molecule has 1 aromatic carbocycles. The second-order valence-electron chi connectivity index (χ2n) is 6.50. The first-order valence-corrected chi connectivity index (χ1v) is 8.87. The van der Waals surface area contributed by atoms with Crippen molar-refractivity contribution >= 4 is 11.9 Å². The van der Waals surface area contributed by atoms with Crippen LogP contribution in [-0.4, -0.2) is 20.9 Å². The molecule has 0 saturated heterocycles. The molecule has 1 atom stereocenters. The number of aryl methyl sites for hydroxylation is 2. The second-order valence-corrected chi connectivity index (χ2v) is 6.50. The van der Waals surface area contributed by atoms with Crippen molar-refractivity contribution in [2.75, 3.05) is 5.32 Å². The molecule has 3 aromatic rings. The summed E-state index contributed by atoms with van der Waals surface area (Å²) in [5, 5.41) is 6.23. The lowest BCUT2D eigenvalue weighted by molar-refractivity contribution is 0.0940. The maximum Gasteiger partial charge on any atom is 0.251 e. The summed E-state index contributed by atoms with van der Waals surface area (Å²) in [6.07, 6.45) is 3.44. The third-order valence-corrected chi connectivity index (χ3v) is 4.18. The van der Waals surface area contributed by atoms with Crippen molar-refractivity contribution < 1.29 is 4.79 Å². The molecule has 1 unspecified atom stereocenters. The molecule has 0 bridgehead atoms. The highest BCUT2D eigenvalue weighted by molar-refractivity contribution is 5.94. The summed E-state index contributed by atoms with van der Waals surface area (Å²) < 4.78 is 0. The number of aromatic nitrogens is 3. The van der Waals surface area contributed by atoms with Crippen LogP contribution in [0.1, 0.15) is 45.8 Å². The van der Waals surface area contributed by atoms with Gasteiger partial charge in [0.25, 0.3) is 5.91 Å². The Kier molecular flexibility index (Phi) is 5.76. The lowest BCUT2D eigenvalue weighted by Crippen LogP contribution is -2.26. The van der Waals surface area contributed by atoms with Crippen molar-refractivity contribution in [3.63, 3.8) is 0 Å². The fourth-order valence-corrected chi connectivity index (χ4v) is 2.82. The Hall–Kier alpha value is -3.28. The van der Waals surface area contributed by atoms with E-state index < -0.39 is 0 Å². The molecule has 0 fully saturated rings. The zero-order chi connectivity index (χ0) is 19.2. The van der Waals surface area contributed by atoms with Crippen molar-refractivity contribution in [1.29, 1.82) is 0 Å². The van der Waals surface area contributed by atoms with Gasteiger partial charge in [0.1, 0.15) is 0 Å². The predicted molar refractivity (Wildman–Crippen MR) is 105 cm³/mol. The van der Waals surface area contributed by atoms with E-state index in [4.69, 9.17) is 0 Å². The average Bonchev–Trinajstić information content (AvgIpc) is 2.66. The standard InChI is InChI=1S/C21H23N5O/c1-14-11-15(2)25-21(24-14)23-13-17-5-4-6-19(12-17)20(27)26-16(3)18-7-9-22-10-8-18/h4-12,16H,13H2,1-3H3,(H,26,27)(H,23,24,25). The lowest BCUT2D eigenvalue weighted by Gasteiger charge is -2.14. The molecule has 27 heavy (non-hydrogen) atoms. The van der Waals surface area contributed by atoms with Gasteiger partial charge in [-0.15, -0.1) is 0 Å². The fourth-order valence-electron chi connectivity index (χ4n) is 2.82. The molecule has 138 valence electrons. The van der Waals surface area contributed by atoms with Crippen LogP contribution < -0.4 is 10.6 Å². The zero-order valence-corrected chi connectivity index (χ0v) is 15.7. The van der Waals surface area contributed by atoms with Gasteiger partial charge in [-0.05, 0) is 62.2 Å². The molecule has 0 aliphatic carbocycles. The molecular weight excluding hydrogens is 338 g/mol. The first kappa shape index (κ1) is 18.5. The summed E-state index contributed by atoms with van der Waals surface area (Å²) in [5.74, 6) is 0.484. The van der Waals surface area contributed by atoms with Crippen LogP contribution in [-0.2, 0) is 6.54 Å². The maximum atomic E-state index is 12.6. The van der Waals surface area contributed by atoms with E-state index in [1.54, 1.807) is 12.4 Å². The van der Waals surface area contributed by atoms with Gasteiger partial charge in [0.2, 0.25) is 5.95 Å². The summed E-state index contributed by atoms with van der Waals surface area (Å²) in [5.41, 5.74) is 4.47. The Labute approximate surface area is 159 Å². The van der Waals surface area contributed by atoms with E-state index in [0.717, 1.165) is 22.5 Å². The van der Waals surface area contributed by atoms with Crippen LogP contribution in [0.15, 0.2) is 54.9 Å². The number of carbonyl (C=O) groups is 1. The zero-order valence-electron chi connectivity index (χ0n) is 15.7. The molecule has 0 aliphatic rings. The molecular formula is C21H23N5O. The van der Waals surface area contributed by atoms with Gasteiger partial charge in [0.15, 0.2) is 0 Å². The van der Waals surface area contributed by atoms with Crippen LogP contribution in [0.4, 0.5) is 5.95 Å². The number of amides is 1. The van der Waals surface area contributed by atoms with Crippen molar-refractivity contribution in [3.8, 4) is 0 Å². The molecule has 6 heteroatoms. The van der Waals surface area contributed by atoms with Crippen molar-refractivity contribution in [3.05, 3.63) is 82.9 Å². The molecule has 0 radical (unpaired) electrons. The Balaban J connectivity index is 1.65. The first-order valence-electron chi connectivity index (χ1n) is 8.87. The molecule has 2 aromatic heterocycles. The summed E-state index contributed by atoms with van der Waals surface area (Å²) in [6, 6.07) is 13.2. The highest BCUT2D eigenvalue weighted by atomic mass is 16.1. The summed E-state index contributed by atoms with van der Waals surface area (Å²) in [7, 11) is 0. The van der Waals surface area contributed by atoms with Crippen LogP contribution in [0.5, 0.6) is 0 Å². The number of nitrogens with zero attached hydrogens (tertiary/aromatic N) is 3. The first-order chi connectivity index (χ1) is 13.0. The Morgan fingerprint density at radius 2 is 1.74 bits per heavy atom. The van der Waals surface area contributed by atoms with Crippen LogP contribution in [0.3, 0.4) is 0 Å². The number of carbonyl (C=O) groups excluding carboxylic acids is 1. The topological polar surface area (TPSA) is 79.8 Å². The van der Waals surface area contributed by atoms with Gasteiger partial charge in [0, 0.05) is 35.9 Å². The monoisotopic (exact) mass is 361 g/mol. The van der Waals surface area contributed by atoms with E-state index in [1.165, 1.54) is 0 Å². The highest BCUT2D eigenvalue weighted by Gasteiger charge is 2.12. The molecule has 1 amide bonds. The normalized spacial score (nSPS) is 11.7. The van der Waals surface area contributed by atoms with Gasteiger partial charge in [-0.2, -0.15) is 0 Å². The summed E-state index contributed by atoms with van der Waals surface area (Å²) in [4.78, 5) is 25.3. The number of benzene rings is 1. The van der Waals surface area contributed by atoms with E-state index in [0.29, 0.717) is 18.1 Å². The van der Waals surface area contributed by atoms with Gasteiger partial charge >= 0.3 is 0 Å². The number of rotatable bonds is 6. The predicted octanol–water partition coefficient (Wildman–Crippen LogP) is 3.59. The quantitative estimate of drug-likeness (QED) is 0.701. The van der Waals surface area contributed by atoms with E-state index in [9.17, 15) is 4.79 Å². The second kappa shape index (κ2) is 8.40.